The van der Waals surface area contributed by atoms with Crippen LogP contribution in [0, 0.1) is 17.5 Å². The second-order valence-electron chi connectivity index (χ2n) is 7.13. The molecule has 4 rings (SSSR count). The normalized spacial score (nSPS) is 17.6. The van der Waals surface area contributed by atoms with Crippen molar-refractivity contribution in [3.8, 4) is 11.3 Å². The number of nitrogens with zero attached hydrogens (tertiary/aromatic N) is 2. The Hall–Kier alpha value is -2.80. The molecule has 28 heavy (non-hydrogen) atoms. The minimum absolute atomic E-state index is 0.142. The van der Waals surface area contributed by atoms with Gasteiger partial charge in [0.05, 0.1) is 11.9 Å². The van der Waals surface area contributed by atoms with E-state index in [0.29, 0.717) is 12.2 Å². The first kappa shape index (κ1) is 18.6. The highest BCUT2D eigenvalue weighted by atomic mass is 19.2. The maximum atomic E-state index is 13.6. The number of piperidine rings is 1. The number of hydrogen-bond acceptors (Lipinski definition) is 3. The highest BCUT2D eigenvalue weighted by molar-refractivity contribution is 5.62. The molecule has 1 unspecified atom stereocenters. The van der Waals surface area contributed by atoms with E-state index in [1.54, 1.807) is 18.3 Å². The fourth-order valence-corrected chi connectivity index (χ4v) is 3.70. The molecule has 0 saturated carbocycles. The lowest BCUT2D eigenvalue weighted by atomic mass is 10.0. The van der Waals surface area contributed by atoms with E-state index in [2.05, 4.69) is 20.4 Å². The van der Waals surface area contributed by atoms with Gasteiger partial charge < -0.3 is 5.32 Å². The number of likely N-dealkylation sites (tertiary alicyclic amines) is 1. The molecule has 0 radical (unpaired) electrons. The molecule has 7 heteroatoms. The predicted molar refractivity (Wildman–Crippen MR) is 102 cm³/mol. The molecule has 0 amide bonds. The van der Waals surface area contributed by atoms with Crippen molar-refractivity contribution >= 4 is 5.69 Å². The van der Waals surface area contributed by atoms with Gasteiger partial charge in [0.25, 0.3) is 0 Å². The molecule has 1 fully saturated rings. The Balaban J connectivity index is 1.43. The van der Waals surface area contributed by atoms with Gasteiger partial charge in [0, 0.05) is 42.0 Å². The van der Waals surface area contributed by atoms with E-state index in [4.69, 9.17) is 0 Å². The van der Waals surface area contributed by atoms with Gasteiger partial charge in [-0.05, 0) is 43.7 Å². The summed E-state index contributed by atoms with van der Waals surface area (Å²) in [5, 5.41) is 10.4. The first-order chi connectivity index (χ1) is 13.6. The Morgan fingerprint density at radius 3 is 2.82 bits per heavy atom. The lowest BCUT2D eigenvalue weighted by molar-refractivity contribution is 0.209. The molecule has 2 heterocycles. The van der Waals surface area contributed by atoms with Crippen molar-refractivity contribution in [1.82, 2.24) is 15.1 Å². The summed E-state index contributed by atoms with van der Waals surface area (Å²) in [6.07, 6.45) is 3.72. The van der Waals surface area contributed by atoms with E-state index in [1.807, 2.05) is 6.07 Å². The first-order valence-electron chi connectivity index (χ1n) is 9.30. The molecule has 1 aliphatic rings. The summed E-state index contributed by atoms with van der Waals surface area (Å²) < 4.78 is 40.1. The first-order valence-corrected chi connectivity index (χ1v) is 9.30. The van der Waals surface area contributed by atoms with Crippen molar-refractivity contribution in [2.45, 2.75) is 25.4 Å². The SMILES string of the molecule is Fc1cccc(-c2[nH]ncc2CN2CCCC(Nc3ccc(F)c(F)c3)C2)c1. The minimum atomic E-state index is -0.851. The maximum Gasteiger partial charge on any atom is 0.160 e. The summed E-state index contributed by atoms with van der Waals surface area (Å²) >= 11 is 0. The van der Waals surface area contributed by atoms with Crippen molar-refractivity contribution in [1.29, 1.82) is 0 Å². The van der Waals surface area contributed by atoms with E-state index in [1.165, 1.54) is 18.2 Å². The molecular formula is C21H21F3N4. The van der Waals surface area contributed by atoms with Crippen molar-refractivity contribution < 1.29 is 13.2 Å². The third-order valence-corrected chi connectivity index (χ3v) is 5.02. The Labute approximate surface area is 161 Å². The number of rotatable bonds is 5. The molecule has 0 bridgehead atoms. The maximum absolute atomic E-state index is 13.6. The molecule has 1 aliphatic heterocycles. The number of anilines is 1. The number of benzene rings is 2. The zero-order chi connectivity index (χ0) is 19.5. The highest BCUT2D eigenvalue weighted by Gasteiger charge is 2.22. The van der Waals surface area contributed by atoms with Crippen LogP contribution in [0.1, 0.15) is 18.4 Å². The van der Waals surface area contributed by atoms with Gasteiger partial charge in [0.15, 0.2) is 11.6 Å². The zero-order valence-corrected chi connectivity index (χ0v) is 15.3. The van der Waals surface area contributed by atoms with Gasteiger partial charge in [-0.2, -0.15) is 5.10 Å². The Bertz CT molecular complexity index is 956. The number of aromatic nitrogens is 2. The average Bonchev–Trinajstić information content (AvgIpc) is 3.13. The van der Waals surface area contributed by atoms with E-state index in [0.717, 1.165) is 48.8 Å². The van der Waals surface area contributed by atoms with Gasteiger partial charge in [-0.15, -0.1) is 0 Å². The minimum Gasteiger partial charge on any atom is -0.381 e. The van der Waals surface area contributed by atoms with Gasteiger partial charge in [0.2, 0.25) is 0 Å². The van der Waals surface area contributed by atoms with E-state index < -0.39 is 11.6 Å². The van der Waals surface area contributed by atoms with Gasteiger partial charge in [0.1, 0.15) is 5.82 Å². The predicted octanol–water partition coefficient (Wildman–Crippen LogP) is 4.57. The van der Waals surface area contributed by atoms with Crippen LogP contribution in [0.3, 0.4) is 0 Å². The van der Waals surface area contributed by atoms with Crippen LogP contribution in [0.2, 0.25) is 0 Å². The molecular weight excluding hydrogens is 365 g/mol. The summed E-state index contributed by atoms with van der Waals surface area (Å²) in [5.41, 5.74) is 3.16. The van der Waals surface area contributed by atoms with Crippen LogP contribution >= 0.6 is 0 Å². The third-order valence-electron chi connectivity index (χ3n) is 5.02. The second kappa shape index (κ2) is 8.06. The van der Waals surface area contributed by atoms with Crippen LogP contribution in [0.4, 0.5) is 18.9 Å². The number of halogens is 3. The molecule has 0 spiro atoms. The van der Waals surface area contributed by atoms with Crippen LogP contribution < -0.4 is 5.32 Å². The molecule has 2 aromatic carbocycles. The zero-order valence-electron chi connectivity index (χ0n) is 15.3. The molecule has 0 aliphatic carbocycles. The number of hydrogen-bond donors (Lipinski definition) is 2. The highest BCUT2D eigenvalue weighted by Crippen LogP contribution is 2.25. The molecule has 1 atom stereocenters. The summed E-state index contributed by atoms with van der Waals surface area (Å²) in [4.78, 5) is 2.29. The summed E-state index contributed by atoms with van der Waals surface area (Å²) in [7, 11) is 0. The van der Waals surface area contributed by atoms with E-state index in [-0.39, 0.29) is 11.9 Å². The van der Waals surface area contributed by atoms with E-state index >= 15 is 0 Å². The molecule has 1 saturated heterocycles. The van der Waals surface area contributed by atoms with Crippen LogP contribution in [0.5, 0.6) is 0 Å². The van der Waals surface area contributed by atoms with Gasteiger partial charge in [-0.3, -0.25) is 10.00 Å². The summed E-state index contributed by atoms with van der Waals surface area (Å²) in [6.45, 7) is 2.38. The number of H-pyrrole nitrogens is 1. The fourth-order valence-electron chi connectivity index (χ4n) is 3.70. The smallest absolute Gasteiger partial charge is 0.160 e. The van der Waals surface area contributed by atoms with Crippen LogP contribution in [-0.2, 0) is 6.54 Å². The van der Waals surface area contributed by atoms with Crippen molar-refractivity contribution in [3.05, 3.63) is 71.7 Å². The summed E-state index contributed by atoms with van der Waals surface area (Å²) in [6, 6.07) is 10.4. The molecule has 3 aromatic rings. The molecule has 4 nitrogen and oxygen atoms in total. The van der Waals surface area contributed by atoms with Gasteiger partial charge >= 0.3 is 0 Å². The Morgan fingerprint density at radius 2 is 2.00 bits per heavy atom. The van der Waals surface area contributed by atoms with E-state index in [9.17, 15) is 13.2 Å². The monoisotopic (exact) mass is 386 g/mol. The summed E-state index contributed by atoms with van der Waals surface area (Å²) in [5.74, 6) is -1.98. The molecule has 1 aromatic heterocycles. The quantitative estimate of drug-likeness (QED) is 0.675. The molecule has 146 valence electrons. The number of nitrogens with one attached hydrogen (secondary N) is 2. The van der Waals surface area contributed by atoms with Gasteiger partial charge in [-0.25, -0.2) is 13.2 Å². The van der Waals surface area contributed by atoms with Crippen LogP contribution in [0.15, 0.2) is 48.7 Å². The fraction of sp³-hybridized carbons (Fsp3) is 0.286. The van der Waals surface area contributed by atoms with Gasteiger partial charge in [-0.1, -0.05) is 12.1 Å². The molecule has 2 N–H and O–H groups in total. The largest absolute Gasteiger partial charge is 0.381 e. The Kier molecular flexibility index (Phi) is 5.34. The Morgan fingerprint density at radius 1 is 1.11 bits per heavy atom. The topological polar surface area (TPSA) is 44.0 Å². The standard InChI is InChI=1S/C21H21F3N4/c22-16-4-1-3-14(9-16)21-15(11-25-27-21)12-28-8-2-5-18(13-28)26-17-6-7-19(23)20(24)10-17/h1,3-4,6-7,9-11,18,26H,2,5,8,12-13H2,(H,25,27). The third kappa shape index (κ3) is 4.20. The average molecular weight is 386 g/mol. The lowest BCUT2D eigenvalue weighted by Crippen LogP contribution is -2.41. The second-order valence-corrected chi connectivity index (χ2v) is 7.13. The van der Waals surface area contributed by atoms with Crippen LogP contribution in [-0.4, -0.2) is 34.2 Å². The van der Waals surface area contributed by atoms with Crippen LogP contribution in [0.25, 0.3) is 11.3 Å². The van der Waals surface area contributed by atoms with Crippen molar-refractivity contribution in [3.63, 3.8) is 0 Å². The lowest BCUT2D eigenvalue weighted by Gasteiger charge is -2.33. The van der Waals surface area contributed by atoms with Crippen molar-refractivity contribution in [2.24, 2.45) is 0 Å². The number of aromatic amines is 1. The van der Waals surface area contributed by atoms with Crippen molar-refractivity contribution in [2.75, 3.05) is 18.4 Å².